The van der Waals surface area contributed by atoms with Crippen molar-refractivity contribution in [2.24, 2.45) is 0 Å². The summed E-state index contributed by atoms with van der Waals surface area (Å²) >= 11 is 1.92. The molecule has 108 valence electrons. The Bertz CT molecular complexity index is 520. The third-order valence-electron chi connectivity index (χ3n) is 3.44. The highest BCUT2D eigenvalue weighted by Crippen LogP contribution is 2.30. The van der Waals surface area contributed by atoms with E-state index in [1.807, 2.05) is 11.8 Å². The second-order valence-electron chi connectivity index (χ2n) is 4.97. The smallest absolute Gasteiger partial charge is 0.244 e. The molecular weight excluding hydrogens is 282 g/mol. The minimum Gasteiger partial charge on any atom is -0.281 e. The van der Waals surface area contributed by atoms with Gasteiger partial charge in [-0.05, 0) is 38.9 Å². The summed E-state index contributed by atoms with van der Waals surface area (Å²) < 4.78 is 27.6. The van der Waals surface area contributed by atoms with Gasteiger partial charge in [0.25, 0.3) is 0 Å². The zero-order chi connectivity index (χ0) is 14.0. The summed E-state index contributed by atoms with van der Waals surface area (Å²) in [6.07, 6.45) is 2.94. The minimum absolute atomic E-state index is 0.0581. The lowest BCUT2D eigenvalue weighted by atomic mass is 10.3. The van der Waals surface area contributed by atoms with Crippen LogP contribution in [0.25, 0.3) is 0 Å². The maximum atomic E-state index is 12.4. The fourth-order valence-corrected chi connectivity index (χ4v) is 5.45. The van der Waals surface area contributed by atoms with Crippen molar-refractivity contribution in [3.05, 3.63) is 11.4 Å². The van der Waals surface area contributed by atoms with E-state index in [0.29, 0.717) is 21.5 Å². The van der Waals surface area contributed by atoms with Crippen molar-refractivity contribution in [2.45, 2.75) is 56.2 Å². The van der Waals surface area contributed by atoms with Crippen LogP contribution in [0.4, 0.5) is 0 Å². The summed E-state index contributed by atoms with van der Waals surface area (Å²) in [5, 5.41) is 7.26. The van der Waals surface area contributed by atoms with Gasteiger partial charge in [-0.15, -0.1) is 0 Å². The average molecular weight is 303 g/mol. The summed E-state index contributed by atoms with van der Waals surface area (Å²) in [6.45, 7) is 5.59. The van der Waals surface area contributed by atoms with Gasteiger partial charge in [0.15, 0.2) is 0 Å². The molecule has 0 amide bonds. The lowest BCUT2D eigenvalue weighted by Gasteiger charge is -2.13. The molecule has 1 aliphatic carbocycles. The molecule has 1 fully saturated rings. The van der Waals surface area contributed by atoms with Gasteiger partial charge in [-0.25, -0.2) is 13.1 Å². The molecule has 1 aromatic rings. The molecule has 0 radical (unpaired) electrons. The molecule has 7 heteroatoms. The molecular formula is C12H21N3O2S2. The maximum absolute atomic E-state index is 12.4. The fourth-order valence-electron chi connectivity index (χ4n) is 2.65. The third-order valence-corrected chi connectivity index (χ3v) is 6.45. The lowest BCUT2D eigenvalue weighted by Crippen LogP contribution is -2.33. The topological polar surface area (TPSA) is 74.8 Å². The quantitative estimate of drug-likeness (QED) is 0.872. The molecule has 19 heavy (non-hydrogen) atoms. The van der Waals surface area contributed by atoms with E-state index in [9.17, 15) is 8.42 Å². The summed E-state index contributed by atoms with van der Waals surface area (Å²) in [6, 6.07) is 0.0581. The van der Waals surface area contributed by atoms with Gasteiger partial charge in [-0.3, -0.25) is 5.10 Å². The lowest BCUT2D eigenvalue weighted by molar-refractivity contribution is 0.551. The number of nitrogens with one attached hydrogen (secondary N) is 2. The zero-order valence-electron chi connectivity index (χ0n) is 11.6. The number of hydrogen-bond donors (Lipinski definition) is 2. The van der Waals surface area contributed by atoms with E-state index in [1.54, 1.807) is 13.8 Å². The summed E-state index contributed by atoms with van der Waals surface area (Å²) in [7, 11) is -3.45. The summed E-state index contributed by atoms with van der Waals surface area (Å²) in [4.78, 5) is 0.305. The maximum Gasteiger partial charge on any atom is 0.244 e. The summed E-state index contributed by atoms with van der Waals surface area (Å²) in [5.74, 6) is 1.09. The number of aromatic nitrogens is 2. The van der Waals surface area contributed by atoms with Crippen LogP contribution in [0.1, 0.15) is 37.6 Å². The van der Waals surface area contributed by atoms with Crippen molar-refractivity contribution in [3.8, 4) is 0 Å². The van der Waals surface area contributed by atoms with Gasteiger partial charge in [0, 0.05) is 11.3 Å². The first-order valence-electron chi connectivity index (χ1n) is 6.59. The number of nitrogens with zero attached hydrogens (tertiary/aromatic N) is 1. The highest BCUT2D eigenvalue weighted by Gasteiger charge is 2.30. The van der Waals surface area contributed by atoms with Gasteiger partial charge in [-0.1, -0.05) is 6.92 Å². The second kappa shape index (κ2) is 5.85. The Hall–Kier alpha value is -0.530. The molecule has 2 unspecified atom stereocenters. The van der Waals surface area contributed by atoms with Crippen molar-refractivity contribution in [1.82, 2.24) is 14.9 Å². The van der Waals surface area contributed by atoms with Crippen LogP contribution >= 0.6 is 11.8 Å². The molecule has 2 atom stereocenters. The van der Waals surface area contributed by atoms with Gasteiger partial charge in [0.1, 0.15) is 4.90 Å². The van der Waals surface area contributed by atoms with E-state index in [-0.39, 0.29) is 6.04 Å². The van der Waals surface area contributed by atoms with E-state index in [1.165, 1.54) is 0 Å². The Morgan fingerprint density at radius 2 is 2.16 bits per heavy atom. The van der Waals surface area contributed by atoms with Crippen LogP contribution in [0, 0.1) is 13.8 Å². The van der Waals surface area contributed by atoms with Crippen LogP contribution in [-0.4, -0.2) is 35.7 Å². The van der Waals surface area contributed by atoms with Crippen LogP contribution in [0.5, 0.6) is 0 Å². The van der Waals surface area contributed by atoms with Crippen LogP contribution in [0.15, 0.2) is 4.90 Å². The van der Waals surface area contributed by atoms with Gasteiger partial charge >= 0.3 is 0 Å². The molecule has 2 rings (SSSR count). The second-order valence-corrected chi connectivity index (χ2v) is 8.20. The third kappa shape index (κ3) is 3.32. The number of hydrogen-bond acceptors (Lipinski definition) is 4. The first kappa shape index (κ1) is 14.9. The molecule has 2 N–H and O–H groups in total. The van der Waals surface area contributed by atoms with Gasteiger partial charge < -0.3 is 0 Å². The van der Waals surface area contributed by atoms with Crippen molar-refractivity contribution in [2.75, 3.05) is 5.75 Å². The zero-order valence-corrected chi connectivity index (χ0v) is 13.2. The number of H-pyrrole nitrogens is 1. The summed E-state index contributed by atoms with van der Waals surface area (Å²) in [5.41, 5.74) is 1.13. The first-order chi connectivity index (χ1) is 8.94. The van der Waals surface area contributed by atoms with E-state index in [4.69, 9.17) is 0 Å². The molecule has 0 saturated heterocycles. The monoisotopic (exact) mass is 303 g/mol. The van der Waals surface area contributed by atoms with E-state index in [0.717, 1.165) is 25.0 Å². The Morgan fingerprint density at radius 1 is 1.42 bits per heavy atom. The Labute approximate surface area is 119 Å². The van der Waals surface area contributed by atoms with Crippen molar-refractivity contribution in [1.29, 1.82) is 0 Å². The molecule has 0 bridgehead atoms. The fraction of sp³-hybridized carbons (Fsp3) is 0.750. The number of aryl methyl sites for hydroxylation is 2. The van der Waals surface area contributed by atoms with Crippen molar-refractivity contribution >= 4 is 21.8 Å². The van der Waals surface area contributed by atoms with Gasteiger partial charge in [0.05, 0.1) is 11.4 Å². The molecule has 1 heterocycles. The average Bonchev–Trinajstić information content (AvgIpc) is 2.86. The Morgan fingerprint density at radius 3 is 2.74 bits per heavy atom. The molecule has 0 aliphatic heterocycles. The molecule has 1 aromatic heterocycles. The highest BCUT2D eigenvalue weighted by atomic mass is 32.2. The molecule has 5 nitrogen and oxygen atoms in total. The number of sulfonamides is 1. The number of rotatable bonds is 5. The van der Waals surface area contributed by atoms with Crippen LogP contribution in [0.3, 0.4) is 0 Å². The molecule has 0 spiro atoms. The largest absolute Gasteiger partial charge is 0.281 e. The predicted molar refractivity (Wildman–Crippen MR) is 77.9 cm³/mol. The standard InChI is InChI=1S/C12H21N3O2S2/c1-4-18-11-6-5-10(7-11)15-19(16,17)12-8(2)13-14-9(12)3/h10-11,15H,4-7H2,1-3H3,(H,13,14). The van der Waals surface area contributed by atoms with Crippen molar-refractivity contribution in [3.63, 3.8) is 0 Å². The van der Waals surface area contributed by atoms with E-state index < -0.39 is 10.0 Å². The highest BCUT2D eigenvalue weighted by molar-refractivity contribution is 7.99. The van der Waals surface area contributed by atoms with Gasteiger partial charge in [-0.2, -0.15) is 16.9 Å². The Balaban J connectivity index is 2.07. The van der Waals surface area contributed by atoms with Crippen LogP contribution in [-0.2, 0) is 10.0 Å². The van der Waals surface area contributed by atoms with Crippen molar-refractivity contribution < 1.29 is 8.42 Å². The Kier molecular flexibility index (Phi) is 4.58. The first-order valence-corrected chi connectivity index (χ1v) is 9.12. The number of aromatic amines is 1. The van der Waals surface area contributed by atoms with E-state index in [2.05, 4.69) is 21.8 Å². The SMILES string of the molecule is CCSC1CCC(NS(=O)(=O)c2c(C)n[nH]c2C)C1. The van der Waals surface area contributed by atoms with Crippen LogP contribution in [0.2, 0.25) is 0 Å². The van der Waals surface area contributed by atoms with Crippen LogP contribution < -0.4 is 4.72 Å². The predicted octanol–water partition coefficient (Wildman–Crippen LogP) is 1.98. The minimum atomic E-state index is -3.45. The molecule has 1 aliphatic rings. The molecule has 0 aromatic carbocycles. The normalized spacial score (nSPS) is 23.9. The van der Waals surface area contributed by atoms with Gasteiger partial charge in [0.2, 0.25) is 10.0 Å². The van der Waals surface area contributed by atoms with E-state index >= 15 is 0 Å². The molecule has 1 saturated carbocycles. The number of thioether (sulfide) groups is 1.